The molecule has 0 atom stereocenters. The van der Waals surface area contributed by atoms with E-state index in [0.717, 1.165) is 23.2 Å². The van der Waals surface area contributed by atoms with Gasteiger partial charge in [0.25, 0.3) is 0 Å². The third kappa shape index (κ3) is 3.77. The van der Waals surface area contributed by atoms with E-state index in [9.17, 15) is 4.79 Å². The third-order valence-electron chi connectivity index (χ3n) is 4.20. The lowest BCUT2D eigenvalue weighted by atomic mass is 10.1. The van der Waals surface area contributed by atoms with Crippen molar-refractivity contribution in [2.24, 2.45) is 0 Å². The molecule has 4 rings (SSSR count). The van der Waals surface area contributed by atoms with Crippen molar-refractivity contribution in [2.45, 2.75) is 12.8 Å². The molecule has 4 aromatic rings. The van der Waals surface area contributed by atoms with Crippen molar-refractivity contribution in [3.8, 4) is 11.8 Å². The van der Waals surface area contributed by atoms with Gasteiger partial charge in [0.2, 0.25) is 0 Å². The van der Waals surface area contributed by atoms with Gasteiger partial charge in [-0.3, -0.25) is 4.79 Å². The second-order valence-corrected chi connectivity index (χ2v) is 7.17. The van der Waals surface area contributed by atoms with Gasteiger partial charge >= 0.3 is 0 Å². The standard InChI is InChI=1S/C23H17NOS/c25-23-16-19(15-20-10-5-13-26-20)24-22-12-11-18(14-21(22)23)9-4-8-17-6-2-1-3-7-17/h1-3,5-7,10-14,16H,8,15H2,(H,24,25). The number of hydrogen-bond donors (Lipinski definition) is 1. The van der Waals surface area contributed by atoms with Gasteiger partial charge in [-0.2, -0.15) is 0 Å². The van der Waals surface area contributed by atoms with Gasteiger partial charge in [-0.15, -0.1) is 11.3 Å². The number of H-pyrrole nitrogens is 1. The molecule has 0 aliphatic rings. The van der Waals surface area contributed by atoms with Gasteiger partial charge in [-0.1, -0.05) is 48.2 Å². The van der Waals surface area contributed by atoms with E-state index in [2.05, 4.69) is 40.4 Å². The molecule has 1 N–H and O–H groups in total. The van der Waals surface area contributed by atoms with Crippen LogP contribution < -0.4 is 5.43 Å². The van der Waals surface area contributed by atoms with Crippen LogP contribution in [-0.4, -0.2) is 4.98 Å². The molecule has 0 amide bonds. The number of aromatic nitrogens is 1. The highest BCUT2D eigenvalue weighted by Gasteiger charge is 2.04. The lowest BCUT2D eigenvalue weighted by molar-refractivity contribution is 1.12. The molecule has 126 valence electrons. The Morgan fingerprint density at radius 1 is 0.962 bits per heavy atom. The Kier molecular flexibility index (Phi) is 4.68. The van der Waals surface area contributed by atoms with E-state index in [1.54, 1.807) is 17.4 Å². The summed E-state index contributed by atoms with van der Waals surface area (Å²) in [5.41, 5.74) is 3.89. The normalized spacial score (nSPS) is 10.5. The zero-order valence-corrected chi connectivity index (χ0v) is 15.0. The van der Waals surface area contributed by atoms with Crippen molar-refractivity contribution in [1.29, 1.82) is 0 Å². The van der Waals surface area contributed by atoms with Crippen molar-refractivity contribution in [3.63, 3.8) is 0 Å². The van der Waals surface area contributed by atoms with E-state index in [1.807, 2.05) is 42.5 Å². The van der Waals surface area contributed by atoms with Crippen LogP contribution in [0.1, 0.15) is 21.7 Å². The van der Waals surface area contributed by atoms with Gasteiger partial charge in [0.1, 0.15) is 0 Å². The Balaban J connectivity index is 1.59. The van der Waals surface area contributed by atoms with Gasteiger partial charge in [0.15, 0.2) is 5.43 Å². The molecule has 0 aliphatic carbocycles. The van der Waals surface area contributed by atoms with Crippen LogP contribution in [0, 0.1) is 11.8 Å². The molecule has 0 bridgehead atoms. The maximum Gasteiger partial charge on any atom is 0.189 e. The van der Waals surface area contributed by atoms with Gasteiger partial charge < -0.3 is 4.98 Å². The highest BCUT2D eigenvalue weighted by Crippen LogP contribution is 2.16. The summed E-state index contributed by atoms with van der Waals surface area (Å²) in [5.74, 6) is 6.34. The second-order valence-electron chi connectivity index (χ2n) is 6.14. The minimum Gasteiger partial charge on any atom is -0.358 e. The fourth-order valence-electron chi connectivity index (χ4n) is 2.92. The molecule has 2 heterocycles. The molecule has 2 aromatic carbocycles. The minimum atomic E-state index is 0.0389. The van der Waals surface area contributed by atoms with E-state index in [4.69, 9.17) is 0 Å². The molecular formula is C23H17NOS. The summed E-state index contributed by atoms with van der Waals surface area (Å²) < 4.78 is 0. The largest absolute Gasteiger partial charge is 0.358 e. The first kappa shape index (κ1) is 16.4. The molecule has 0 spiro atoms. The maximum absolute atomic E-state index is 12.5. The lowest BCUT2D eigenvalue weighted by Crippen LogP contribution is -2.05. The first-order chi connectivity index (χ1) is 12.8. The summed E-state index contributed by atoms with van der Waals surface area (Å²) in [6.45, 7) is 0. The van der Waals surface area contributed by atoms with Crippen LogP contribution in [0.5, 0.6) is 0 Å². The third-order valence-corrected chi connectivity index (χ3v) is 5.07. The number of rotatable bonds is 3. The van der Waals surface area contributed by atoms with Crippen molar-refractivity contribution in [2.75, 3.05) is 0 Å². The van der Waals surface area contributed by atoms with Crippen molar-refractivity contribution in [3.05, 3.63) is 104 Å². The number of fused-ring (bicyclic) bond motifs is 1. The van der Waals surface area contributed by atoms with Crippen molar-refractivity contribution < 1.29 is 0 Å². The molecule has 0 fully saturated rings. The number of pyridine rings is 1. The summed E-state index contributed by atoms with van der Waals surface area (Å²) in [4.78, 5) is 17.1. The van der Waals surface area contributed by atoms with E-state index in [1.165, 1.54) is 10.4 Å². The van der Waals surface area contributed by atoms with Crippen LogP contribution in [-0.2, 0) is 12.8 Å². The van der Waals surface area contributed by atoms with Gasteiger partial charge in [-0.25, -0.2) is 0 Å². The predicted octanol–water partition coefficient (Wildman–Crippen LogP) is 4.77. The van der Waals surface area contributed by atoms with Gasteiger partial charge in [-0.05, 0) is 35.2 Å². The van der Waals surface area contributed by atoms with Crippen molar-refractivity contribution >= 4 is 22.2 Å². The zero-order valence-electron chi connectivity index (χ0n) is 14.2. The molecule has 2 aromatic heterocycles. The number of thiophene rings is 1. The van der Waals surface area contributed by atoms with Gasteiger partial charge in [0.05, 0.1) is 0 Å². The molecule has 0 radical (unpaired) electrons. The quantitative estimate of drug-likeness (QED) is 0.527. The number of benzene rings is 2. The molecule has 3 heteroatoms. The first-order valence-electron chi connectivity index (χ1n) is 8.49. The van der Waals surface area contributed by atoms with Crippen LogP contribution >= 0.6 is 11.3 Å². The summed E-state index contributed by atoms with van der Waals surface area (Å²) in [7, 11) is 0. The van der Waals surface area contributed by atoms with Crippen LogP contribution in [0.2, 0.25) is 0 Å². The first-order valence-corrected chi connectivity index (χ1v) is 9.37. The Morgan fingerprint density at radius 3 is 2.65 bits per heavy atom. The molecule has 26 heavy (non-hydrogen) atoms. The molecule has 2 nitrogen and oxygen atoms in total. The molecule has 0 unspecified atom stereocenters. The maximum atomic E-state index is 12.5. The van der Waals surface area contributed by atoms with Crippen LogP contribution in [0.4, 0.5) is 0 Å². The number of nitrogens with one attached hydrogen (secondary N) is 1. The van der Waals surface area contributed by atoms with Crippen LogP contribution in [0.25, 0.3) is 10.9 Å². The smallest absolute Gasteiger partial charge is 0.189 e. The molecule has 0 saturated heterocycles. The molecule has 0 saturated carbocycles. The van der Waals surface area contributed by atoms with Crippen LogP contribution in [0.3, 0.4) is 0 Å². The SMILES string of the molecule is O=c1cc(Cc2cccs2)[nH]c2ccc(C#CCc3ccccc3)cc12. The Morgan fingerprint density at radius 2 is 1.85 bits per heavy atom. The topological polar surface area (TPSA) is 32.9 Å². The lowest BCUT2D eigenvalue weighted by Gasteiger charge is -2.04. The monoisotopic (exact) mass is 355 g/mol. The number of aromatic amines is 1. The summed E-state index contributed by atoms with van der Waals surface area (Å²) in [6.07, 6.45) is 1.45. The van der Waals surface area contributed by atoms with E-state index in [-0.39, 0.29) is 5.43 Å². The average Bonchev–Trinajstić information content (AvgIpc) is 3.16. The van der Waals surface area contributed by atoms with Crippen molar-refractivity contribution in [1.82, 2.24) is 4.98 Å². The van der Waals surface area contributed by atoms with E-state index >= 15 is 0 Å². The minimum absolute atomic E-state index is 0.0389. The Labute approximate surface area is 156 Å². The average molecular weight is 355 g/mol. The van der Waals surface area contributed by atoms with E-state index < -0.39 is 0 Å². The number of hydrogen-bond acceptors (Lipinski definition) is 2. The predicted molar refractivity (Wildman–Crippen MR) is 109 cm³/mol. The highest BCUT2D eigenvalue weighted by molar-refractivity contribution is 7.09. The van der Waals surface area contributed by atoms with E-state index in [0.29, 0.717) is 11.8 Å². The zero-order chi connectivity index (χ0) is 17.8. The second kappa shape index (κ2) is 7.43. The highest BCUT2D eigenvalue weighted by atomic mass is 32.1. The summed E-state index contributed by atoms with van der Waals surface area (Å²) in [5, 5.41) is 2.74. The molecule has 0 aliphatic heterocycles. The Hall–Kier alpha value is -3.09. The van der Waals surface area contributed by atoms with Gasteiger partial charge in [0, 0.05) is 45.9 Å². The summed E-state index contributed by atoms with van der Waals surface area (Å²) in [6, 6.07) is 21.7. The molecular weight excluding hydrogens is 338 g/mol. The fourth-order valence-corrected chi connectivity index (χ4v) is 3.65. The summed E-state index contributed by atoms with van der Waals surface area (Å²) >= 11 is 1.70. The fraction of sp³-hybridized carbons (Fsp3) is 0.0870. The van der Waals surface area contributed by atoms with Crippen LogP contribution in [0.15, 0.2) is 76.9 Å². The Bertz CT molecular complexity index is 1150.